The Morgan fingerprint density at radius 2 is 1.58 bits per heavy atom. The van der Waals surface area contributed by atoms with Gasteiger partial charge in [-0.25, -0.2) is 4.79 Å². The Morgan fingerprint density at radius 3 is 2.23 bits per heavy atom. The Kier molecular flexibility index (Phi) is 14.3. The van der Waals surface area contributed by atoms with Crippen LogP contribution in [0.1, 0.15) is 37.7 Å². The average Bonchev–Trinajstić information content (AvgIpc) is 3.37. The van der Waals surface area contributed by atoms with Crippen LogP contribution in [0.3, 0.4) is 0 Å². The number of fused-ring (bicyclic) bond motifs is 1. The number of nitrogens with one attached hydrogen (secondary N) is 4. The molecule has 15 nitrogen and oxygen atoms in total. The van der Waals surface area contributed by atoms with Crippen LogP contribution in [-0.2, 0) is 30.4 Å². The lowest BCUT2D eigenvalue weighted by molar-refractivity contribution is -0.142. The Balaban J connectivity index is 2.27. The minimum absolute atomic E-state index is 0.0396. The highest BCUT2D eigenvalue weighted by Gasteiger charge is 2.31. The highest BCUT2D eigenvalue weighted by atomic mass is 32.2. The number of aliphatic carboxylic acids is 1. The fourth-order valence-corrected chi connectivity index (χ4v) is 4.72. The molecular weight excluding hydrogens is 578 g/mol. The quantitative estimate of drug-likeness (QED) is 0.0506. The summed E-state index contributed by atoms with van der Waals surface area (Å²) in [6.07, 6.45) is 3.93. The number of rotatable bonds is 19. The first kappa shape index (κ1) is 34.9. The minimum Gasteiger partial charge on any atom is -0.480 e. The van der Waals surface area contributed by atoms with Crippen LogP contribution in [0.4, 0.5) is 0 Å². The van der Waals surface area contributed by atoms with E-state index < -0.39 is 53.8 Å². The molecule has 236 valence electrons. The summed E-state index contributed by atoms with van der Waals surface area (Å²) in [5, 5.41) is 18.0. The first-order valence-electron chi connectivity index (χ1n) is 13.7. The summed E-state index contributed by atoms with van der Waals surface area (Å²) >= 11 is 1.41. The lowest BCUT2D eigenvalue weighted by Crippen LogP contribution is -2.57. The van der Waals surface area contributed by atoms with Crippen LogP contribution in [0.25, 0.3) is 10.9 Å². The standard InChI is InChI=1S/C27H41N9O6S/c1-43-12-10-20(26(41)42)35-24(39)19(8-9-22(29)37)34-25(40)21(13-15-14-33-18-7-3-2-5-16(15)18)36-23(38)17(28)6-4-11-32-27(30)31/h2-3,5,7,14,17,19-21,33H,4,6,8-13,28H2,1H3,(H2,29,37)(H,34,40)(H,35,39)(H,36,38)(H,41,42)(H4,30,31,32). The van der Waals surface area contributed by atoms with Crippen molar-refractivity contribution >= 4 is 58.2 Å². The van der Waals surface area contributed by atoms with Gasteiger partial charge in [-0.2, -0.15) is 11.8 Å². The van der Waals surface area contributed by atoms with Crippen LogP contribution in [0.15, 0.2) is 35.5 Å². The van der Waals surface area contributed by atoms with Crippen LogP contribution >= 0.6 is 11.8 Å². The monoisotopic (exact) mass is 619 g/mol. The van der Waals surface area contributed by atoms with Gasteiger partial charge in [-0.15, -0.1) is 0 Å². The molecule has 0 spiro atoms. The van der Waals surface area contributed by atoms with Crippen molar-refractivity contribution in [1.29, 1.82) is 0 Å². The second-order valence-corrected chi connectivity index (χ2v) is 10.9. The summed E-state index contributed by atoms with van der Waals surface area (Å²) in [5.74, 6) is -3.68. The van der Waals surface area contributed by atoms with Crippen molar-refractivity contribution in [3.05, 3.63) is 36.0 Å². The summed E-state index contributed by atoms with van der Waals surface area (Å²) < 4.78 is 0. The number of carboxylic acids is 1. The average molecular weight is 620 g/mol. The van der Waals surface area contributed by atoms with E-state index in [0.29, 0.717) is 12.2 Å². The number of primary amides is 1. The number of para-hydroxylation sites is 1. The first-order chi connectivity index (χ1) is 20.4. The summed E-state index contributed by atoms with van der Waals surface area (Å²) in [4.78, 5) is 69.9. The minimum atomic E-state index is -1.30. The molecule has 0 radical (unpaired) electrons. The number of amides is 4. The number of H-pyrrole nitrogens is 1. The van der Waals surface area contributed by atoms with Gasteiger partial charge in [0.2, 0.25) is 23.6 Å². The fraction of sp³-hybridized carbons (Fsp3) is 0.481. The molecule has 4 amide bonds. The van der Waals surface area contributed by atoms with Crippen molar-refractivity contribution in [3.8, 4) is 0 Å². The number of aliphatic imine (C=N–C) groups is 1. The predicted octanol–water partition coefficient (Wildman–Crippen LogP) is -1.35. The largest absolute Gasteiger partial charge is 0.480 e. The smallest absolute Gasteiger partial charge is 0.326 e. The van der Waals surface area contributed by atoms with E-state index >= 15 is 0 Å². The molecule has 2 aromatic rings. The van der Waals surface area contributed by atoms with E-state index in [0.717, 1.165) is 16.5 Å². The van der Waals surface area contributed by atoms with Crippen LogP contribution in [-0.4, -0.2) is 88.4 Å². The summed E-state index contributed by atoms with van der Waals surface area (Å²) in [7, 11) is 0. The van der Waals surface area contributed by atoms with E-state index in [-0.39, 0.29) is 44.6 Å². The zero-order chi connectivity index (χ0) is 31.9. The number of hydrogen-bond acceptors (Lipinski definition) is 8. The molecule has 0 aliphatic heterocycles. The molecule has 0 saturated carbocycles. The topological polar surface area (TPSA) is 274 Å². The summed E-state index contributed by atoms with van der Waals surface area (Å²) in [5.41, 5.74) is 23.5. The van der Waals surface area contributed by atoms with Crippen molar-refractivity contribution in [3.63, 3.8) is 0 Å². The SMILES string of the molecule is CSCCC(NC(=O)C(CCC(N)=O)NC(=O)C(Cc1c[nH]c2ccccc12)NC(=O)C(N)CCCN=C(N)N)C(=O)O. The molecule has 4 unspecified atom stereocenters. The number of aromatic amines is 1. The third-order valence-corrected chi connectivity index (χ3v) is 7.22. The van der Waals surface area contributed by atoms with E-state index in [4.69, 9.17) is 22.9 Å². The molecule has 16 heteroatoms. The van der Waals surface area contributed by atoms with Gasteiger partial charge in [0.15, 0.2) is 5.96 Å². The van der Waals surface area contributed by atoms with Gasteiger partial charge in [0.05, 0.1) is 6.04 Å². The van der Waals surface area contributed by atoms with Gasteiger partial charge in [-0.05, 0) is 49.3 Å². The molecule has 0 fully saturated rings. The van der Waals surface area contributed by atoms with E-state index in [1.807, 2.05) is 24.3 Å². The van der Waals surface area contributed by atoms with Crippen LogP contribution in [0.5, 0.6) is 0 Å². The number of nitrogens with zero attached hydrogens (tertiary/aromatic N) is 1. The number of guanidine groups is 1. The zero-order valence-electron chi connectivity index (χ0n) is 24.0. The lowest BCUT2D eigenvalue weighted by atomic mass is 10.0. The molecule has 0 saturated heterocycles. The Labute approximate surface area is 253 Å². The van der Waals surface area contributed by atoms with Gasteiger partial charge in [-0.1, -0.05) is 18.2 Å². The van der Waals surface area contributed by atoms with E-state index in [1.165, 1.54) is 11.8 Å². The summed E-state index contributed by atoms with van der Waals surface area (Å²) in [6, 6.07) is 2.75. The second-order valence-electron chi connectivity index (χ2n) is 9.93. The Hall–Kier alpha value is -4.31. The van der Waals surface area contributed by atoms with E-state index in [1.54, 1.807) is 12.5 Å². The molecule has 1 aromatic carbocycles. The van der Waals surface area contributed by atoms with Crippen LogP contribution in [0, 0.1) is 0 Å². The normalized spacial score (nSPS) is 13.7. The van der Waals surface area contributed by atoms with Gasteiger partial charge in [0.1, 0.15) is 18.1 Å². The lowest BCUT2D eigenvalue weighted by Gasteiger charge is -2.25. The van der Waals surface area contributed by atoms with Crippen molar-refractivity contribution in [2.75, 3.05) is 18.6 Å². The number of hydrogen-bond donors (Lipinski definition) is 9. The van der Waals surface area contributed by atoms with Crippen LogP contribution < -0.4 is 38.9 Å². The highest BCUT2D eigenvalue weighted by Crippen LogP contribution is 2.19. The highest BCUT2D eigenvalue weighted by molar-refractivity contribution is 7.98. The Morgan fingerprint density at radius 1 is 0.930 bits per heavy atom. The maximum absolute atomic E-state index is 13.6. The molecule has 1 heterocycles. The molecule has 0 aliphatic carbocycles. The van der Waals surface area contributed by atoms with E-state index in [9.17, 15) is 29.1 Å². The molecular formula is C27H41N9O6S. The van der Waals surface area contributed by atoms with Crippen molar-refractivity contribution in [2.45, 2.75) is 62.7 Å². The van der Waals surface area contributed by atoms with Gasteiger partial charge in [0, 0.05) is 36.5 Å². The third kappa shape index (κ3) is 11.8. The van der Waals surface area contributed by atoms with Gasteiger partial charge in [-0.3, -0.25) is 24.2 Å². The van der Waals surface area contributed by atoms with Crippen molar-refractivity contribution in [1.82, 2.24) is 20.9 Å². The van der Waals surface area contributed by atoms with E-state index in [2.05, 4.69) is 25.9 Å². The molecule has 0 bridgehead atoms. The van der Waals surface area contributed by atoms with Gasteiger partial charge >= 0.3 is 5.97 Å². The third-order valence-electron chi connectivity index (χ3n) is 6.57. The number of carboxylic acid groups (broad SMARTS) is 1. The van der Waals surface area contributed by atoms with Crippen LogP contribution in [0.2, 0.25) is 0 Å². The maximum atomic E-state index is 13.6. The molecule has 4 atom stereocenters. The van der Waals surface area contributed by atoms with Crippen molar-refractivity contribution in [2.24, 2.45) is 27.9 Å². The van der Waals surface area contributed by atoms with Gasteiger partial charge < -0.3 is 49.0 Å². The number of thioether (sulfide) groups is 1. The molecule has 1 aromatic heterocycles. The van der Waals surface area contributed by atoms with Gasteiger partial charge in [0.25, 0.3) is 0 Å². The Bertz CT molecular complexity index is 1300. The molecule has 0 aliphatic rings. The number of carbonyl (C=O) groups excluding carboxylic acids is 4. The fourth-order valence-electron chi connectivity index (χ4n) is 4.25. The number of benzene rings is 1. The molecule has 43 heavy (non-hydrogen) atoms. The second kappa shape index (κ2) is 17.6. The molecule has 2 rings (SSSR count). The zero-order valence-corrected chi connectivity index (χ0v) is 24.8. The summed E-state index contributed by atoms with van der Waals surface area (Å²) in [6.45, 7) is 0.271. The molecule has 13 N–H and O–H groups in total. The number of nitrogens with two attached hydrogens (primary N) is 4. The van der Waals surface area contributed by atoms with Crippen molar-refractivity contribution < 1.29 is 29.1 Å². The number of carbonyl (C=O) groups is 5. The maximum Gasteiger partial charge on any atom is 0.326 e. The number of aromatic nitrogens is 1. The first-order valence-corrected chi connectivity index (χ1v) is 15.1. The predicted molar refractivity (Wildman–Crippen MR) is 165 cm³/mol.